The lowest BCUT2D eigenvalue weighted by Crippen LogP contribution is -2.48. The summed E-state index contributed by atoms with van der Waals surface area (Å²) in [5.41, 5.74) is 0. The van der Waals surface area contributed by atoms with Crippen molar-refractivity contribution in [1.29, 1.82) is 0 Å². The Kier molecular flexibility index (Phi) is 5.83. The van der Waals surface area contributed by atoms with Crippen molar-refractivity contribution >= 4 is 17.7 Å². The zero-order chi connectivity index (χ0) is 12.8. The summed E-state index contributed by atoms with van der Waals surface area (Å²) in [7, 11) is 0. The van der Waals surface area contributed by atoms with Crippen molar-refractivity contribution in [2.45, 2.75) is 45.1 Å². The number of amides is 1. The average molecular weight is 270 g/mol. The molecular weight excluding hydrogens is 244 g/mol. The fourth-order valence-electron chi connectivity index (χ4n) is 2.95. The summed E-state index contributed by atoms with van der Waals surface area (Å²) < 4.78 is 0. The van der Waals surface area contributed by atoms with Crippen LogP contribution in [0.25, 0.3) is 0 Å². The number of hydrogen-bond acceptors (Lipinski definition) is 3. The Balaban J connectivity index is 1.93. The van der Waals surface area contributed by atoms with Crippen LogP contribution in [0.15, 0.2) is 0 Å². The van der Waals surface area contributed by atoms with Crippen LogP contribution in [0, 0.1) is 0 Å². The third kappa shape index (κ3) is 3.89. The number of likely N-dealkylation sites (tertiary alicyclic amines) is 1. The molecule has 2 saturated heterocycles. The standard InChI is InChI=1S/C14H26N2OS/c1-2-14(17)16-9-6-10-18-12-13(16)11-15-7-4-3-5-8-15/h13H,2-12H2,1H3. The van der Waals surface area contributed by atoms with Crippen LogP contribution in [-0.4, -0.2) is 59.4 Å². The Hall–Kier alpha value is -0.220. The molecule has 0 aromatic carbocycles. The van der Waals surface area contributed by atoms with Gasteiger partial charge in [-0.05, 0) is 38.1 Å². The van der Waals surface area contributed by atoms with Crippen molar-refractivity contribution in [3.05, 3.63) is 0 Å². The van der Waals surface area contributed by atoms with Crippen molar-refractivity contribution in [3.63, 3.8) is 0 Å². The van der Waals surface area contributed by atoms with Gasteiger partial charge < -0.3 is 9.80 Å². The maximum Gasteiger partial charge on any atom is 0.222 e. The van der Waals surface area contributed by atoms with Gasteiger partial charge in [-0.25, -0.2) is 0 Å². The van der Waals surface area contributed by atoms with Gasteiger partial charge in [-0.2, -0.15) is 11.8 Å². The van der Waals surface area contributed by atoms with Crippen LogP contribution < -0.4 is 0 Å². The fraction of sp³-hybridized carbons (Fsp3) is 0.929. The number of piperidine rings is 1. The molecule has 0 N–H and O–H groups in total. The molecule has 2 aliphatic rings. The van der Waals surface area contributed by atoms with E-state index >= 15 is 0 Å². The van der Waals surface area contributed by atoms with E-state index in [0.717, 1.165) is 25.3 Å². The molecule has 0 aromatic rings. The van der Waals surface area contributed by atoms with Crippen molar-refractivity contribution in [3.8, 4) is 0 Å². The average Bonchev–Trinajstić information content (AvgIpc) is 2.64. The van der Waals surface area contributed by atoms with Gasteiger partial charge in [0.25, 0.3) is 0 Å². The first-order chi connectivity index (χ1) is 8.81. The Bertz CT molecular complexity index is 267. The zero-order valence-corrected chi connectivity index (χ0v) is 12.4. The largest absolute Gasteiger partial charge is 0.338 e. The highest BCUT2D eigenvalue weighted by Gasteiger charge is 2.26. The smallest absolute Gasteiger partial charge is 0.222 e. The molecule has 0 aliphatic carbocycles. The number of carbonyl (C=O) groups is 1. The molecule has 0 bridgehead atoms. The molecule has 0 radical (unpaired) electrons. The van der Waals surface area contributed by atoms with Gasteiger partial charge in [0.2, 0.25) is 5.91 Å². The van der Waals surface area contributed by atoms with Gasteiger partial charge in [0.1, 0.15) is 0 Å². The maximum absolute atomic E-state index is 12.1. The first-order valence-corrected chi connectivity index (χ1v) is 8.56. The summed E-state index contributed by atoms with van der Waals surface area (Å²) in [6, 6.07) is 0.447. The van der Waals surface area contributed by atoms with Crippen molar-refractivity contribution in [2.24, 2.45) is 0 Å². The Labute approximate surface area is 115 Å². The SMILES string of the molecule is CCC(=O)N1CCCSCC1CN1CCCCC1. The van der Waals surface area contributed by atoms with Crippen molar-refractivity contribution < 1.29 is 4.79 Å². The van der Waals surface area contributed by atoms with Gasteiger partial charge in [0, 0.05) is 25.3 Å². The molecule has 0 aromatic heterocycles. The van der Waals surface area contributed by atoms with Gasteiger partial charge >= 0.3 is 0 Å². The molecule has 2 aliphatic heterocycles. The summed E-state index contributed by atoms with van der Waals surface area (Å²) in [6.45, 7) is 6.51. The van der Waals surface area contributed by atoms with E-state index in [1.54, 1.807) is 0 Å². The first kappa shape index (κ1) is 14.2. The van der Waals surface area contributed by atoms with Gasteiger partial charge in [-0.15, -0.1) is 0 Å². The van der Waals surface area contributed by atoms with E-state index in [1.807, 2.05) is 18.7 Å². The summed E-state index contributed by atoms with van der Waals surface area (Å²) in [4.78, 5) is 16.8. The molecule has 18 heavy (non-hydrogen) atoms. The van der Waals surface area contributed by atoms with Gasteiger partial charge in [-0.3, -0.25) is 4.79 Å². The number of hydrogen-bond donors (Lipinski definition) is 0. The van der Waals surface area contributed by atoms with E-state index in [9.17, 15) is 4.79 Å². The molecule has 104 valence electrons. The topological polar surface area (TPSA) is 23.6 Å². The fourth-order valence-corrected chi connectivity index (χ4v) is 4.01. The zero-order valence-electron chi connectivity index (χ0n) is 11.6. The van der Waals surface area contributed by atoms with Crippen LogP contribution in [-0.2, 0) is 4.79 Å². The lowest BCUT2D eigenvalue weighted by Gasteiger charge is -2.35. The predicted molar refractivity (Wildman–Crippen MR) is 78.0 cm³/mol. The van der Waals surface area contributed by atoms with Crippen LogP contribution in [0.4, 0.5) is 0 Å². The summed E-state index contributed by atoms with van der Waals surface area (Å²) in [5.74, 6) is 2.69. The maximum atomic E-state index is 12.1. The lowest BCUT2D eigenvalue weighted by atomic mass is 10.1. The van der Waals surface area contributed by atoms with E-state index in [1.165, 1.54) is 38.1 Å². The van der Waals surface area contributed by atoms with Crippen LogP contribution >= 0.6 is 11.8 Å². The van der Waals surface area contributed by atoms with E-state index in [4.69, 9.17) is 0 Å². The van der Waals surface area contributed by atoms with E-state index in [2.05, 4.69) is 9.80 Å². The molecule has 1 atom stereocenters. The molecule has 2 fully saturated rings. The van der Waals surface area contributed by atoms with Crippen LogP contribution in [0.1, 0.15) is 39.0 Å². The summed E-state index contributed by atoms with van der Waals surface area (Å²) in [5, 5.41) is 0. The van der Waals surface area contributed by atoms with E-state index < -0.39 is 0 Å². The number of nitrogens with zero attached hydrogens (tertiary/aromatic N) is 2. The highest BCUT2D eigenvalue weighted by Crippen LogP contribution is 2.19. The van der Waals surface area contributed by atoms with Crippen molar-refractivity contribution in [2.75, 3.05) is 37.7 Å². The van der Waals surface area contributed by atoms with E-state index in [-0.39, 0.29) is 0 Å². The number of rotatable bonds is 3. The molecule has 2 heterocycles. The lowest BCUT2D eigenvalue weighted by molar-refractivity contribution is -0.133. The van der Waals surface area contributed by atoms with Crippen LogP contribution in [0.2, 0.25) is 0 Å². The van der Waals surface area contributed by atoms with Crippen LogP contribution in [0.5, 0.6) is 0 Å². The van der Waals surface area contributed by atoms with Gasteiger partial charge in [0.05, 0.1) is 6.04 Å². The molecule has 1 amide bonds. The number of carbonyl (C=O) groups excluding carboxylic acids is 1. The summed E-state index contributed by atoms with van der Waals surface area (Å²) >= 11 is 2.02. The minimum atomic E-state index is 0.347. The predicted octanol–water partition coefficient (Wildman–Crippen LogP) is 2.22. The normalized spacial score (nSPS) is 26.9. The highest BCUT2D eigenvalue weighted by atomic mass is 32.2. The Morgan fingerprint density at radius 3 is 2.67 bits per heavy atom. The molecule has 0 spiro atoms. The first-order valence-electron chi connectivity index (χ1n) is 7.41. The summed E-state index contributed by atoms with van der Waals surface area (Å²) in [6.07, 6.45) is 5.87. The Morgan fingerprint density at radius 1 is 1.17 bits per heavy atom. The third-order valence-electron chi connectivity index (χ3n) is 3.98. The molecule has 1 unspecified atom stereocenters. The highest BCUT2D eigenvalue weighted by molar-refractivity contribution is 7.99. The second-order valence-electron chi connectivity index (χ2n) is 5.38. The van der Waals surface area contributed by atoms with E-state index in [0.29, 0.717) is 18.4 Å². The van der Waals surface area contributed by atoms with Crippen molar-refractivity contribution in [1.82, 2.24) is 9.80 Å². The molecule has 0 saturated carbocycles. The molecular formula is C14H26N2OS. The second-order valence-corrected chi connectivity index (χ2v) is 6.53. The second kappa shape index (κ2) is 7.39. The monoisotopic (exact) mass is 270 g/mol. The molecule has 3 nitrogen and oxygen atoms in total. The minimum Gasteiger partial charge on any atom is -0.338 e. The number of thioether (sulfide) groups is 1. The van der Waals surface area contributed by atoms with Gasteiger partial charge in [0.15, 0.2) is 0 Å². The molecule has 2 rings (SSSR count). The van der Waals surface area contributed by atoms with Gasteiger partial charge in [-0.1, -0.05) is 13.3 Å². The quantitative estimate of drug-likeness (QED) is 0.785. The Morgan fingerprint density at radius 2 is 1.94 bits per heavy atom. The third-order valence-corrected chi connectivity index (χ3v) is 5.18. The molecule has 4 heteroatoms. The minimum absolute atomic E-state index is 0.347. The van der Waals surface area contributed by atoms with Crippen LogP contribution in [0.3, 0.4) is 0 Å².